The highest BCUT2D eigenvalue weighted by Gasteiger charge is 2.31. The number of nitrogens with two attached hydrogens (primary N) is 1. The Morgan fingerprint density at radius 2 is 1.68 bits per heavy atom. The predicted molar refractivity (Wildman–Crippen MR) is 116 cm³/mol. The van der Waals surface area contributed by atoms with E-state index < -0.39 is 0 Å². The van der Waals surface area contributed by atoms with Gasteiger partial charge in [0, 0.05) is 53.9 Å². The van der Waals surface area contributed by atoms with Crippen molar-refractivity contribution in [1.29, 1.82) is 0 Å². The highest BCUT2D eigenvalue weighted by molar-refractivity contribution is 5.85. The van der Waals surface area contributed by atoms with Crippen LogP contribution in [0.4, 0.5) is 0 Å². The van der Waals surface area contributed by atoms with Crippen molar-refractivity contribution in [2.45, 2.75) is 77.6 Å². The van der Waals surface area contributed by atoms with Crippen LogP contribution in [0.25, 0.3) is 10.9 Å². The molecule has 0 bridgehead atoms. The van der Waals surface area contributed by atoms with Crippen LogP contribution in [0.1, 0.15) is 69.7 Å². The number of likely N-dealkylation sites (tertiary alicyclic amines) is 1. The highest BCUT2D eigenvalue weighted by atomic mass is 16.3. The molecule has 1 saturated heterocycles. The monoisotopic (exact) mass is 383 g/mol. The van der Waals surface area contributed by atoms with Crippen LogP contribution in [-0.2, 0) is 13.2 Å². The van der Waals surface area contributed by atoms with Gasteiger partial charge in [0.25, 0.3) is 0 Å². The van der Waals surface area contributed by atoms with Crippen LogP contribution in [0.3, 0.4) is 0 Å². The molecule has 0 atom stereocenters. The zero-order valence-electron chi connectivity index (χ0n) is 17.6. The Bertz CT molecular complexity index is 780. The number of rotatable bonds is 5. The predicted octanol–water partition coefficient (Wildman–Crippen LogP) is 4.44. The van der Waals surface area contributed by atoms with Gasteiger partial charge in [0.15, 0.2) is 0 Å². The Balaban J connectivity index is 1.47. The van der Waals surface area contributed by atoms with E-state index in [4.69, 9.17) is 5.73 Å². The summed E-state index contributed by atoms with van der Waals surface area (Å²) in [4.78, 5) is 2.76. The first kappa shape index (κ1) is 19.9. The Labute approximate surface area is 169 Å². The van der Waals surface area contributed by atoms with Crippen molar-refractivity contribution in [1.82, 2.24) is 9.47 Å². The molecule has 1 aromatic carbocycles. The molecule has 1 aromatic heterocycles. The molecule has 4 heteroatoms. The summed E-state index contributed by atoms with van der Waals surface area (Å²) in [6.45, 7) is 7.70. The van der Waals surface area contributed by atoms with E-state index in [9.17, 15) is 5.11 Å². The molecule has 1 aliphatic carbocycles. The maximum Gasteiger partial charge on any atom is 0.0706 e. The molecular weight excluding hydrogens is 346 g/mol. The molecule has 2 fully saturated rings. The number of para-hydroxylation sites is 1. The molecule has 2 aromatic rings. The summed E-state index contributed by atoms with van der Waals surface area (Å²) >= 11 is 0. The largest absolute Gasteiger partial charge is 0.392 e. The van der Waals surface area contributed by atoms with Crippen molar-refractivity contribution in [3.8, 4) is 0 Å². The van der Waals surface area contributed by atoms with Crippen LogP contribution in [0.2, 0.25) is 0 Å². The molecule has 28 heavy (non-hydrogen) atoms. The number of aliphatic hydroxyl groups is 1. The second-order valence-electron chi connectivity index (χ2n) is 9.25. The normalized spacial score (nSPS) is 25.0. The van der Waals surface area contributed by atoms with Crippen molar-refractivity contribution in [3.63, 3.8) is 0 Å². The van der Waals surface area contributed by atoms with E-state index in [0.717, 1.165) is 29.1 Å². The smallest absolute Gasteiger partial charge is 0.0706 e. The standard InChI is InChI=1S/C24H37N3O/c1-17(2)18-7-9-19(10-8-18)26-13-11-20(12-14-26)27-23-6-4-3-5-21(23)22(16-28)24(27)15-25/h3-6,17-20,28H,7-16,25H2,1-2H3. The number of aromatic nitrogens is 1. The average molecular weight is 384 g/mol. The van der Waals surface area contributed by atoms with E-state index in [-0.39, 0.29) is 6.61 Å². The van der Waals surface area contributed by atoms with Gasteiger partial charge < -0.3 is 20.3 Å². The van der Waals surface area contributed by atoms with E-state index >= 15 is 0 Å². The maximum absolute atomic E-state index is 9.95. The fourth-order valence-electron chi connectivity index (χ4n) is 5.84. The number of aliphatic hydroxyl groups excluding tert-OH is 1. The number of piperidine rings is 1. The first-order valence-corrected chi connectivity index (χ1v) is 11.3. The highest BCUT2D eigenvalue weighted by Crippen LogP contribution is 2.37. The number of hydrogen-bond acceptors (Lipinski definition) is 3. The number of hydrogen-bond donors (Lipinski definition) is 2. The summed E-state index contributed by atoms with van der Waals surface area (Å²) in [5, 5.41) is 11.1. The lowest BCUT2D eigenvalue weighted by Crippen LogP contribution is -2.44. The molecule has 3 N–H and O–H groups in total. The molecule has 0 radical (unpaired) electrons. The van der Waals surface area contributed by atoms with E-state index in [1.807, 2.05) is 0 Å². The zero-order chi connectivity index (χ0) is 19.7. The van der Waals surface area contributed by atoms with Gasteiger partial charge in [0.2, 0.25) is 0 Å². The second-order valence-corrected chi connectivity index (χ2v) is 9.25. The van der Waals surface area contributed by atoms with Gasteiger partial charge in [-0.05, 0) is 56.4 Å². The molecule has 1 saturated carbocycles. The van der Waals surface area contributed by atoms with Gasteiger partial charge in [-0.3, -0.25) is 0 Å². The average Bonchev–Trinajstić information content (AvgIpc) is 3.07. The van der Waals surface area contributed by atoms with Crippen LogP contribution < -0.4 is 5.73 Å². The topological polar surface area (TPSA) is 54.4 Å². The van der Waals surface area contributed by atoms with Crippen LogP contribution in [0.5, 0.6) is 0 Å². The van der Waals surface area contributed by atoms with Crippen molar-refractivity contribution >= 4 is 10.9 Å². The molecule has 0 amide bonds. The Hall–Kier alpha value is -1.36. The third kappa shape index (κ3) is 3.62. The zero-order valence-corrected chi connectivity index (χ0v) is 17.6. The van der Waals surface area contributed by atoms with Gasteiger partial charge in [0.1, 0.15) is 0 Å². The molecule has 4 nitrogen and oxygen atoms in total. The Kier molecular flexibility index (Phi) is 6.10. The lowest BCUT2D eigenvalue weighted by Gasteiger charge is -2.42. The van der Waals surface area contributed by atoms with E-state index in [0.29, 0.717) is 12.6 Å². The summed E-state index contributed by atoms with van der Waals surface area (Å²) < 4.78 is 2.45. The summed E-state index contributed by atoms with van der Waals surface area (Å²) in [7, 11) is 0. The van der Waals surface area contributed by atoms with Crippen molar-refractivity contribution in [3.05, 3.63) is 35.5 Å². The fourth-order valence-corrected chi connectivity index (χ4v) is 5.84. The third-order valence-electron chi connectivity index (χ3n) is 7.54. The molecular formula is C24H37N3O. The van der Waals surface area contributed by atoms with Gasteiger partial charge in [-0.1, -0.05) is 32.0 Å². The summed E-state index contributed by atoms with van der Waals surface area (Å²) in [6.07, 6.45) is 7.93. The van der Waals surface area contributed by atoms with Crippen LogP contribution >= 0.6 is 0 Å². The van der Waals surface area contributed by atoms with E-state index in [1.54, 1.807) is 0 Å². The minimum Gasteiger partial charge on any atom is -0.392 e. The lowest BCUT2D eigenvalue weighted by molar-refractivity contribution is 0.0889. The minimum atomic E-state index is 0.0674. The van der Waals surface area contributed by atoms with Gasteiger partial charge >= 0.3 is 0 Å². The first-order chi connectivity index (χ1) is 13.6. The van der Waals surface area contributed by atoms with Crippen LogP contribution in [-0.4, -0.2) is 33.7 Å². The molecule has 1 aliphatic heterocycles. The van der Waals surface area contributed by atoms with Gasteiger partial charge in [-0.2, -0.15) is 0 Å². The summed E-state index contributed by atoms with van der Waals surface area (Å²) in [5.41, 5.74) is 9.52. The van der Waals surface area contributed by atoms with Crippen LogP contribution in [0.15, 0.2) is 24.3 Å². The van der Waals surface area contributed by atoms with Crippen molar-refractivity contribution in [2.24, 2.45) is 17.6 Å². The third-order valence-corrected chi connectivity index (χ3v) is 7.54. The minimum absolute atomic E-state index is 0.0674. The molecule has 0 unspecified atom stereocenters. The lowest BCUT2D eigenvalue weighted by atomic mass is 9.79. The maximum atomic E-state index is 9.95. The molecule has 2 heterocycles. The summed E-state index contributed by atoms with van der Waals surface area (Å²) in [5.74, 6) is 1.77. The van der Waals surface area contributed by atoms with Gasteiger partial charge in [-0.15, -0.1) is 0 Å². The first-order valence-electron chi connectivity index (χ1n) is 11.3. The SMILES string of the molecule is CC(C)C1CCC(N2CCC(n3c(CN)c(CO)c4ccccc43)CC2)CC1. The molecule has 0 spiro atoms. The fraction of sp³-hybridized carbons (Fsp3) is 0.667. The Morgan fingerprint density at radius 1 is 1.00 bits per heavy atom. The quantitative estimate of drug-likeness (QED) is 0.802. The molecule has 2 aliphatic rings. The number of fused-ring (bicyclic) bond motifs is 1. The summed E-state index contributed by atoms with van der Waals surface area (Å²) in [6, 6.07) is 9.75. The van der Waals surface area contributed by atoms with E-state index in [1.165, 1.54) is 62.5 Å². The van der Waals surface area contributed by atoms with Crippen molar-refractivity contribution < 1.29 is 5.11 Å². The van der Waals surface area contributed by atoms with Gasteiger partial charge in [-0.25, -0.2) is 0 Å². The molecule has 4 rings (SSSR count). The van der Waals surface area contributed by atoms with E-state index in [2.05, 4.69) is 47.6 Å². The van der Waals surface area contributed by atoms with Gasteiger partial charge in [0.05, 0.1) is 6.61 Å². The second kappa shape index (κ2) is 8.56. The number of benzene rings is 1. The Morgan fingerprint density at radius 3 is 2.29 bits per heavy atom. The van der Waals surface area contributed by atoms with Crippen LogP contribution in [0, 0.1) is 11.8 Å². The molecule has 154 valence electrons. The number of nitrogens with zero attached hydrogens (tertiary/aromatic N) is 2. The van der Waals surface area contributed by atoms with Crippen molar-refractivity contribution in [2.75, 3.05) is 13.1 Å².